The van der Waals surface area contributed by atoms with Gasteiger partial charge < -0.3 is 20.2 Å². The summed E-state index contributed by atoms with van der Waals surface area (Å²) in [7, 11) is 3.68. The molecule has 12 heteroatoms. The number of benzene rings is 2. The van der Waals surface area contributed by atoms with E-state index in [0.717, 1.165) is 0 Å². The lowest BCUT2D eigenvalue weighted by Gasteiger charge is -2.43. The molecular weight excluding hydrogens is 557 g/mol. The Morgan fingerprint density at radius 2 is 1.67 bits per heavy atom. The number of urea groups is 1. The van der Waals surface area contributed by atoms with Crippen LogP contribution in [-0.2, 0) is 9.59 Å². The average Bonchev–Trinajstić information content (AvgIpc) is 3.16. The maximum absolute atomic E-state index is 14.4. The minimum absolute atomic E-state index is 0.0490. The van der Waals surface area contributed by atoms with Crippen molar-refractivity contribution in [1.29, 1.82) is 0 Å². The van der Waals surface area contributed by atoms with Gasteiger partial charge >= 0.3 is 12.0 Å². The third-order valence-corrected chi connectivity index (χ3v) is 8.12. The molecule has 2 aliphatic rings. The molecule has 2 aromatic rings. The molecule has 5 amide bonds. The van der Waals surface area contributed by atoms with Crippen molar-refractivity contribution in [3.8, 4) is 0 Å². The van der Waals surface area contributed by atoms with Crippen LogP contribution in [0.15, 0.2) is 42.5 Å². The number of carboxylic acids is 1. The Hall–Kier alpha value is -4.32. The van der Waals surface area contributed by atoms with Crippen molar-refractivity contribution >= 4 is 35.4 Å². The summed E-state index contributed by atoms with van der Waals surface area (Å²) in [5.41, 5.74) is -0.256. The maximum Gasteiger partial charge on any atom is 0.335 e. The van der Waals surface area contributed by atoms with Gasteiger partial charge in [0.1, 0.15) is 17.4 Å². The van der Waals surface area contributed by atoms with Crippen LogP contribution in [0.2, 0.25) is 0 Å². The van der Waals surface area contributed by atoms with Crippen LogP contribution in [0.5, 0.6) is 0 Å². The largest absolute Gasteiger partial charge is 0.478 e. The molecule has 43 heavy (non-hydrogen) atoms. The number of imide groups is 1. The van der Waals surface area contributed by atoms with Crippen LogP contribution in [-0.4, -0.2) is 101 Å². The Labute approximate surface area is 250 Å². The van der Waals surface area contributed by atoms with E-state index in [4.69, 9.17) is 0 Å². The first kappa shape index (κ1) is 31.6. The van der Waals surface area contributed by atoms with Gasteiger partial charge in [-0.3, -0.25) is 24.2 Å². The second-order valence-corrected chi connectivity index (χ2v) is 11.8. The zero-order chi connectivity index (χ0) is 31.6. The van der Waals surface area contributed by atoms with Gasteiger partial charge in [0.15, 0.2) is 0 Å². The summed E-state index contributed by atoms with van der Waals surface area (Å²) >= 11 is 0. The third-order valence-electron chi connectivity index (χ3n) is 8.12. The molecule has 0 bridgehead atoms. The van der Waals surface area contributed by atoms with Crippen molar-refractivity contribution in [3.05, 3.63) is 65.0 Å². The summed E-state index contributed by atoms with van der Waals surface area (Å²) in [6.45, 7) is 6.22. The van der Waals surface area contributed by atoms with Gasteiger partial charge in [-0.25, -0.2) is 14.0 Å². The lowest BCUT2D eigenvalue weighted by Crippen LogP contribution is -2.60. The summed E-state index contributed by atoms with van der Waals surface area (Å²) in [5.74, 6) is -3.51. The quantitative estimate of drug-likeness (QED) is 0.427. The highest BCUT2D eigenvalue weighted by atomic mass is 19.1. The van der Waals surface area contributed by atoms with Crippen molar-refractivity contribution in [2.75, 3.05) is 45.2 Å². The molecule has 2 N–H and O–H groups in total. The Kier molecular flexibility index (Phi) is 9.19. The van der Waals surface area contributed by atoms with Gasteiger partial charge in [-0.1, -0.05) is 25.5 Å². The lowest BCUT2D eigenvalue weighted by molar-refractivity contribution is -0.139. The molecule has 2 fully saturated rings. The summed E-state index contributed by atoms with van der Waals surface area (Å²) in [4.78, 5) is 71.7. The van der Waals surface area contributed by atoms with Crippen molar-refractivity contribution < 1.29 is 33.5 Å². The molecule has 1 atom stereocenters. The number of rotatable bonds is 9. The molecular formula is C31H38FN5O6. The van der Waals surface area contributed by atoms with Crippen LogP contribution in [0.3, 0.4) is 0 Å². The van der Waals surface area contributed by atoms with Crippen molar-refractivity contribution in [1.82, 2.24) is 20.0 Å². The molecule has 2 heterocycles. The van der Waals surface area contributed by atoms with E-state index in [1.165, 1.54) is 46.2 Å². The first-order valence-corrected chi connectivity index (χ1v) is 14.3. The predicted octanol–water partition coefficient (Wildman–Crippen LogP) is 2.98. The van der Waals surface area contributed by atoms with E-state index in [-0.39, 0.29) is 61.3 Å². The van der Waals surface area contributed by atoms with Crippen LogP contribution < -0.4 is 10.2 Å². The van der Waals surface area contributed by atoms with Gasteiger partial charge in [-0.2, -0.15) is 0 Å². The number of amides is 5. The summed E-state index contributed by atoms with van der Waals surface area (Å²) < 4.78 is 14.4. The smallest absolute Gasteiger partial charge is 0.335 e. The first-order chi connectivity index (χ1) is 20.3. The topological polar surface area (TPSA) is 131 Å². The van der Waals surface area contributed by atoms with Crippen LogP contribution >= 0.6 is 0 Å². The average molecular weight is 596 g/mol. The molecule has 230 valence electrons. The molecule has 2 aliphatic heterocycles. The van der Waals surface area contributed by atoms with Gasteiger partial charge in [0.25, 0.3) is 11.8 Å². The second-order valence-electron chi connectivity index (χ2n) is 11.8. The van der Waals surface area contributed by atoms with Gasteiger partial charge in [0.05, 0.1) is 11.1 Å². The van der Waals surface area contributed by atoms with Crippen molar-refractivity contribution in [2.45, 2.75) is 45.2 Å². The Bertz CT molecular complexity index is 1420. The molecule has 1 spiro atoms. The normalized spacial score (nSPS) is 17.3. The van der Waals surface area contributed by atoms with E-state index in [1.54, 1.807) is 31.7 Å². The fourth-order valence-corrected chi connectivity index (χ4v) is 5.62. The summed E-state index contributed by atoms with van der Waals surface area (Å²) in [6.07, 6.45) is 0.293. The van der Waals surface area contributed by atoms with E-state index in [1.807, 2.05) is 19.0 Å². The number of likely N-dealkylation sites (tertiary alicyclic amines) is 1. The number of hydrogen-bond acceptors (Lipinski definition) is 6. The number of carbonyl (C=O) groups is 5. The van der Waals surface area contributed by atoms with Crippen molar-refractivity contribution in [2.24, 2.45) is 5.92 Å². The van der Waals surface area contributed by atoms with Gasteiger partial charge in [0, 0.05) is 31.9 Å². The van der Waals surface area contributed by atoms with Gasteiger partial charge in [-0.05, 0) is 76.2 Å². The van der Waals surface area contributed by atoms with Crippen LogP contribution in [0, 0.1) is 18.7 Å². The molecule has 0 aromatic heterocycles. The standard InChI is InChI=1S/C31H38FN5O6/c1-19(2)25(33-26(38)23-18-20(3)6-11-24(23)32)27(39)35-14-12-31(13-15-35)29(42)36(17-16-34(4)5)30(43)37(31)22-9-7-21(8-10-22)28(40)41/h6-11,18-19,25H,12-17H2,1-5H3,(H,33,38)(H,40,41)/t25-/m1/s1. The number of carboxylic acid groups (broad SMARTS) is 1. The van der Waals surface area contributed by atoms with E-state index >= 15 is 0 Å². The fourth-order valence-electron chi connectivity index (χ4n) is 5.62. The number of carbonyl (C=O) groups excluding carboxylic acids is 4. The third kappa shape index (κ3) is 6.24. The number of hydrogen-bond donors (Lipinski definition) is 2. The second kappa shape index (κ2) is 12.5. The lowest BCUT2D eigenvalue weighted by atomic mass is 9.84. The molecule has 4 rings (SSSR count). The molecule has 0 aliphatic carbocycles. The maximum atomic E-state index is 14.4. The van der Waals surface area contributed by atoms with Gasteiger partial charge in [0.2, 0.25) is 5.91 Å². The Morgan fingerprint density at radius 3 is 2.23 bits per heavy atom. The highest BCUT2D eigenvalue weighted by molar-refractivity contribution is 6.17. The van der Waals surface area contributed by atoms with E-state index in [9.17, 15) is 33.5 Å². The minimum Gasteiger partial charge on any atom is -0.478 e. The van der Waals surface area contributed by atoms with Crippen LogP contribution in [0.1, 0.15) is 53.0 Å². The Morgan fingerprint density at radius 1 is 1.05 bits per heavy atom. The summed E-state index contributed by atoms with van der Waals surface area (Å²) in [5, 5.41) is 12.0. The number of piperidine rings is 1. The van der Waals surface area contributed by atoms with Gasteiger partial charge in [-0.15, -0.1) is 0 Å². The zero-order valence-corrected chi connectivity index (χ0v) is 25.1. The monoisotopic (exact) mass is 595 g/mol. The molecule has 0 saturated carbocycles. The van der Waals surface area contributed by atoms with E-state index < -0.39 is 35.3 Å². The van der Waals surface area contributed by atoms with Crippen molar-refractivity contribution in [3.63, 3.8) is 0 Å². The number of aromatic carboxylic acids is 1. The number of halogens is 1. The summed E-state index contributed by atoms with van der Waals surface area (Å²) in [6, 6.07) is 8.56. The number of likely N-dealkylation sites (N-methyl/N-ethyl adjacent to an activating group) is 1. The molecule has 2 saturated heterocycles. The number of nitrogens with zero attached hydrogens (tertiary/aromatic N) is 4. The zero-order valence-electron chi connectivity index (χ0n) is 25.1. The van der Waals surface area contributed by atoms with Crippen LogP contribution in [0.4, 0.5) is 14.9 Å². The molecule has 11 nitrogen and oxygen atoms in total. The minimum atomic E-state index is -1.26. The highest BCUT2D eigenvalue weighted by Gasteiger charge is 2.59. The molecule has 0 radical (unpaired) electrons. The highest BCUT2D eigenvalue weighted by Crippen LogP contribution is 2.41. The first-order valence-electron chi connectivity index (χ1n) is 14.3. The van der Waals surface area contributed by atoms with E-state index in [0.29, 0.717) is 17.8 Å². The van der Waals surface area contributed by atoms with E-state index in [2.05, 4.69) is 5.32 Å². The molecule has 0 unspecified atom stereocenters. The Balaban J connectivity index is 1.57. The number of nitrogens with one attached hydrogen (secondary N) is 1. The van der Waals surface area contributed by atoms with Crippen LogP contribution in [0.25, 0.3) is 0 Å². The predicted molar refractivity (Wildman–Crippen MR) is 157 cm³/mol. The molecule has 2 aromatic carbocycles. The SMILES string of the molecule is Cc1ccc(F)c(C(=O)N[C@@H](C(=O)N2CCC3(CC2)C(=O)N(CCN(C)C)C(=O)N3c2ccc(C(=O)O)cc2)C(C)C)c1. The number of anilines is 1. The fraction of sp³-hybridized carbons (Fsp3) is 0.452. The number of aryl methyl sites for hydroxylation is 1.